The summed E-state index contributed by atoms with van der Waals surface area (Å²) in [5.74, 6) is 0.369. The molecule has 0 aliphatic rings. The Morgan fingerprint density at radius 3 is 2.40 bits per heavy atom. The third kappa shape index (κ3) is 3.69. The Hall–Kier alpha value is -3.55. The fourth-order valence-corrected chi connectivity index (χ4v) is 2.30. The number of aromatic nitrogens is 1. The molecule has 0 fully saturated rings. The molecule has 8 nitrogen and oxygen atoms in total. The highest BCUT2D eigenvalue weighted by Crippen LogP contribution is 2.28. The average Bonchev–Trinajstić information content (AvgIpc) is 2.97. The summed E-state index contributed by atoms with van der Waals surface area (Å²) in [7, 11) is 3.98. The number of oxazole rings is 1. The standard InChI is InChI=1S/C17H19N7O/c1-24(2)12-6-3-10(4-7-12)15-22-13-9-11(5-8-14(13)25-15)21-17(20)23-16(18)19/h3-9H,1-2H3,(H6,18,19,20,21,23). The van der Waals surface area contributed by atoms with Crippen molar-refractivity contribution in [3.63, 3.8) is 0 Å². The van der Waals surface area contributed by atoms with Crippen LogP contribution in [-0.2, 0) is 0 Å². The molecule has 8 heteroatoms. The number of nitrogens with zero attached hydrogens (tertiary/aromatic N) is 4. The maximum absolute atomic E-state index is 5.81. The molecule has 1 aromatic heterocycles. The van der Waals surface area contributed by atoms with Crippen LogP contribution in [0.3, 0.4) is 0 Å². The third-order valence-corrected chi connectivity index (χ3v) is 3.49. The molecule has 0 unspecified atom stereocenters. The van der Waals surface area contributed by atoms with Gasteiger partial charge in [0.25, 0.3) is 0 Å². The number of aliphatic imine (C=N–C) groups is 2. The van der Waals surface area contributed by atoms with Crippen LogP contribution in [0.25, 0.3) is 22.6 Å². The Morgan fingerprint density at radius 2 is 1.76 bits per heavy atom. The number of fused-ring (bicyclic) bond motifs is 1. The highest BCUT2D eigenvalue weighted by Gasteiger charge is 2.09. The molecular formula is C17H19N7O. The molecule has 1 heterocycles. The lowest BCUT2D eigenvalue weighted by atomic mass is 10.2. The lowest BCUT2D eigenvalue weighted by molar-refractivity contribution is 0.620. The lowest BCUT2D eigenvalue weighted by Crippen LogP contribution is -2.26. The second-order valence-corrected chi connectivity index (χ2v) is 5.62. The van der Waals surface area contributed by atoms with Gasteiger partial charge >= 0.3 is 0 Å². The minimum absolute atomic E-state index is 0.0256. The SMILES string of the molecule is CN(C)c1ccc(-c2nc3cc(N=C(N)N=C(N)N)ccc3o2)cc1. The number of rotatable bonds is 3. The van der Waals surface area contributed by atoms with Crippen molar-refractivity contribution in [1.82, 2.24) is 4.98 Å². The predicted molar refractivity (Wildman–Crippen MR) is 101 cm³/mol. The van der Waals surface area contributed by atoms with Gasteiger partial charge in [-0.1, -0.05) is 0 Å². The van der Waals surface area contributed by atoms with Crippen molar-refractivity contribution in [1.29, 1.82) is 0 Å². The van der Waals surface area contributed by atoms with Crippen LogP contribution >= 0.6 is 0 Å². The predicted octanol–water partition coefficient (Wildman–Crippen LogP) is 1.78. The van der Waals surface area contributed by atoms with Gasteiger partial charge in [0.15, 0.2) is 11.5 Å². The molecule has 0 radical (unpaired) electrons. The van der Waals surface area contributed by atoms with E-state index in [1.165, 1.54) is 0 Å². The number of benzene rings is 2. The highest BCUT2D eigenvalue weighted by molar-refractivity contribution is 5.94. The third-order valence-electron chi connectivity index (χ3n) is 3.49. The van der Waals surface area contributed by atoms with Crippen molar-refractivity contribution < 1.29 is 4.42 Å². The number of hydrogen-bond donors (Lipinski definition) is 3. The summed E-state index contributed by atoms with van der Waals surface area (Å²) >= 11 is 0. The summed E-state index contributed by atoms with van der Waals surface area (Å²) in [5.41, 5.74) is 20.1. The second kappa shape index (κ2) is 6.52. The van der Waals surface area contributed by atoms with Crippen LogP contribution in [0.4, 0.5) is 11.4 Å². The summed E-state index contributed by atoms with van der Waals surface area (Å²) in [5, 5.41) is 0. The topological polar surface area (TPSA) is 132 Å². The molecule has 0 saturated carbocycles. The first-order valence-electron chi connectivity index (χ1n) is 7.54. The van der Waals surface area contributed by atoms with Gasteiger partial charge in [0.2, 0.25) is 11.9 Å². The average molecular weight is 337 g/mol. The number of guanidine groups is 2. The smallest absolute Gasteiger partial charge is 0.227 e. The zero-order valence-electron chi connectivity index (χ0n) is 14.0. The number of nitrogens with two attached hydrogens (primary N) is 3. The summed E-state index contributed by atoms with van der Waals surface area (Å²) in [6, 6.07) is 13.2. The Labute approximate surface area is 144 Å². The van der Waals surface area contributed by atoms with Crippen molar-refractivity contribution in [3.8, 4) is 11.5 Å². The van der Waals surface area contributed by atoms with Crippen LogP contribution in [0.5, 0.6) is 0 Å². The zero-order valence-corrected chi connectivity index (χ0v) is 14.0. The molecule has 0 spiro atoms. The van der Waals surface area contributed by atoms with Gasteiger partial charge in [-0.05, 0) is 42.5 Å². The first-order chi connectivity index (χ1) is 11.9. The Kier molecular flexibility index (Phi) is 4.25. The van der Waals surface area contributed by atoms with Crippen molar-refractivity contribution in [3.05, 3.63) is 42.5 Å². The van der Waals surface area contributed by atoms with Gasteiger partial charge in [0.05, 0.1) is 5.69 Å². The quantitative estimate of drug-likeness (QED) is 0.493. The van der Waals surface area contributed by atoms with E-state index in [1.807, 2.05) is 43.3 Å². The molecule has 128 valence electrons. The van der Waals surface area contributed by atoms with E-state index in [1.54, 1.807) is 18.2 Å². The van der Waals surface area contributed by atoms with Crippen molar-refractivity contribution in [2.24, 2.45) is 27.2 Å². The van der Waals surface area contributed by atoms with Gasteiger partial charge in [0, 0.05) is 25.3 Å². The normalized spacial score (nSPS) is 11.5. The molecule has 3 rings (SSSR count). The number of hydrogen-bond acceptors (Lipinski definition) is 4. The second-order valence-electron chi connectivity index (χ2n) is 5.62. The molecule has 0 amide bonds. The molecule has 0 aliphatic heterocycles. The minimum Gasteiger partial charge on any atom is -0.436 e. The Bertz CT molecular complexity index is 951. The van der Waals surface area contributed by atoms with E-state index in [4.69, 9.17) is 21.6 Å². The maximum atomic E-state index is 5.81. The van der Waals surface area contributed by atoms with Crippen LogP contribution < -0.4 is 22.1 Å². The lowest BCUT2D eigenvalue weighted by Gasteiger charge is -2.11. The molecular weight excluding hydrogens is 318 g/mol. The van der Waals surface area contributed by atoms with Gasteiger partial charge < -0.3 is 26.5 Å². The van der Waals surface area contributed by atoms with Crippen LogP contribution in [-0.4, -0.2) is 31.0 Å². The van der Waals surface area contributed by atoms with E-state index in [-0.39, 0.29) is 11.9 Å². The van der Waals surface area contributed by atoms with Gasteiger partial charge in [-0.3, -0.25) is 0 Å². The number of anilines is 1. The fourth-order valence-electron chi connectivity index (χ4n) is 2.30. The van der Waals surface area contributed by atoms with Gasteiger partial charge in [0.1, 0.15) is 5.52 Å². The first-order valence-corrected chi connectivity index (χ1v) is 7.54. The maximum Gasteiger partial charge on any atom is 0.227 e. The van der Waals surface area contributed by atoms with Gasteiger partial charge in [-0.2, -0.15) is 4.99 Å². The molecule has 0 saturated heterocycles. The van der Waals surface area contributed by atoms with Crippen LogP contribution in [0.15, 0.2) is 56.9 Å². The van der Waals surface area contributed by atoms with Crippen LogP contribution in [0.2, 0.25) is 0 Å². The molecule has 0 aliphatic carbocycles. The van der Waals surface area contributed by atoms with Crippen LogP contribution in [0, 0.1) is 0 Å². The first kappa shape index (κ1) is 16.3. The van der Waals surface area contributed by atoms with Gasteiger partial charge in [-0.15, -0.1) is 0 Å². The van der Waals surface area contributed by atoms with Crippen molar-refractivity contribution >= 4 is 34.4 Å². The molecule has 2 aromatic carbocycles. The van der Waals surface area contributed by atoms with E-state index in [9.17, 15) is 0 Å². The van der Waals surface area contributed by atoms with E-state index in [2.05, 4.69) is 15.0 Å². The van der Waals surface area contributed by atoms with Crippen molar-refractivity contribution in [2.45, 2.75) is 0 Å². The van der Waals surface area contributed by atoms with Crippen LogP contribution in [0.1, 0.15) is 0 Å². The molecule has 6 N–H and O–H groups in total. The van der Waals surface area contributed by atoms with Crippen molar-refractivity contribution in [2.75, 3.05) is 19.0 Å². The van der Waals surface area contributed by atoms with E-state index >= 15 is 0 Å². The molecule has 0 bridgehead atoms. The Balaban J connectivity index is 1.94. The summed E-state index contributed by atoms with van der Waals surface area (Å²) in [6.07, 6.45) is 0. The summed E-state index contributed by atoms with van der Waals surface area (Å²) in [6.45, 7) is 0. The molecule has 25 heavy (non-hydrogen) atoms. The zero-order chi connectivity index (χ0) is 18.0. The fraction of sp³-hybridized carbons (Fsp3) is 0.118. The van der Waals surface area contributed by atoms with E-state index in [0.29, 0.717) is 22.7 Å². The largest absolute Gasteiger partial charge is 0.436 e. The summed E-state index contributed by atoms with van der Waals surface area (Å²) in [4.78, 5) is 14.3. The van der Waals surface area contributed by atoms with E-state index < -0.39 is 0 Å². The van der Waals surface area contributed by atoms with E-state index in [0.717, 1.165) is 11.3 Å². The molecule has 3 aromatic rings. The monoisotopic (exact) mass is 337 g/mol. The summed E-state index contributed by atoms with van der Waals surface area (Å²) < 4.78 is 5.81. The Morgan fingerprint density at radius 1 is 1.04 bits per heavy atom. The molecule has 0 atom stereocenters. The van der Waals surface area contributed by atoms with Gasteiger partial charge in [-0.25, -0.2) is 9.98 Å². The highest BCUT2D eigenvalue weighted by atomic mass is 16.3. The minimum atomic E-state index is -0.146.